The zero-order valence-electron chi connectivity index (χ0n) is 10.8. The third-order valence-electron chi connectivity index (χ3n) is 3.25. The molecule has 0 spiro atoms. The Hall–Kier alpha value is -1.96. The van der Waals surface area contributed by atoms with Gasteiger partial charge in [-0.05, 0) is 24.5 Å². The minimum absolute atomic E-state index is 0.104. The van der Waals surface area contributed by atoms with E-state index in [9.17, 15) is 0 Å². The predicted octanol–water partition coefficient (Wildman–Crippen LogP) is -0.286. The zero-order valence-corrected chi connectivity index (χ0v) is 10.8. The van der Waals surface area contributed by atoms with Crippen LogP contribution in [0.3, 0.4) is 0 Å². The van der Waals surface area contributed by atoms with Crippen LogP contribution in [-0.4, -0.2) is 42.1 Å². The number of ether oxygens (including phenoxy) is 1. The van der Waals surface area contributed by atoms with E-state index in [1.807, 2.05) is 6.20 Å². The van der Waals surface area contributed by atoms with Crippen molar-refractivity contribution in [3.63, 3.8) is 0 Å². The van der Waals surface area contributed by atoms with Crippen molar-refractivity contribution in [3.8, 4) is 5.75 Å². The smallest absolute Gasteiger partial charge is 0.196 e. The molecule has 2 N–H and O–H groups in total. The molecule has 2 aromatic heterocycles. The molecule has 1 aliphatic carbocycles. The zero-order chi connectivity index (χ0) is 13.2. The van der Waals surface area contributed by atoms with Gasteiger partial charge in [0.1, 0.15) is 12.6 Å². The molecule has 0 radical (unpaired) electrons. The fourth-order valence-corrected chi connectivity index (χ4v) is 2.30. The highest BCUT2D eigenvalue weighted by Gasteiger charge is 2.25. The minimum atomic E-state index is 0.104. The van der Waals surface area contributed by atoms with Gasteiger partial charge < -0.3 is 10.5 Å². The van der Waals surface area contributed by atoms with Crippen LogP contribution in [0.5, 0.6) is 5.75 Å². The fourth-order valence-electron chi connectivity index (χ4n) is 2.30. The SMILES string of the molecule is Cn1nnc(Cn2cc(O[C@@H]3CCC[C@@H]3N)cn2)n1. The van der Waals surface area contributed by atoms with E-state index in [0.29, 0.717) is 12.4 Å². The lowest BCUT2D eigenvalue weighted by Crippen LogP contribution is -2.33. The molecule has 1 aliphatic rings. The second kappa shape index (κ2) is 4.96. The lowest BCUT2D eigenvalue weighted by atomic mass is 10.2. The van der Waals surface area contributed by atoms with Crippen LogP contribution in [0.2, 0.25) is 0 Å². The minimum Gasteiger partial charge on any atom is -0.486 e. The van der Waals surface area contributed by atoms with Crippen LogP contribution in [0.15, 0.2) is 12.4 Å². The number of nitrogens with two attached hydrogens (primary N) is 1. The number of aryl methyl sites for hydroxylation is 1. The van der Waals surface area contributed by atoms with E-state index in [-0.39, 0.29) is 12.1 Å². The van der Waals surface area contributed by atoms with Crippen LogP contribution in [0.4, 0.5) is 0 Å². The fraction of sp³-hybridized carbons (Fsp3) is 0.636. The molecule has 1 saturated carbocycles. The van der Waals surface area contributed by atoms with Crippen molar-refractivity contribution in [2.24, 2.45) is 12.8 Å². The first-order valence-corrected chi connectivity index (χ1v) is 6.38. The largest absolute Gasteiger partial charge is 0.486 e. The monoisotopic (exact) mass is 263 g/mol. The van der Waals surface area contributed by atoms with Gasteiger partial charge in [0.2, 0.25) is 0 Å². The Labute approximate surface area is 110 Å². The second-order valence-corrected chi connectivity index (χ2v) is 4.82. The number of hydrogen-bond donors (Lipinski definition) is 1. The Morgan fingerprint density at radius 3 is 3.05 bits per heavy atom. The molecule has 102 valence electrons. The topological polar surface area (TPSA) is 96.7 Å². The molecule has 3 rings (SSSR count). The van der Waals surface area contributed by atoms with Crippen LogP contribution in [0.1, 0.15) is 25.1 Å². The van der Waals surface area contributed by atoms with Crippen molar-refractivity contribution in [2.75, 3.05) is 0 Å². The molecule has 0 amide bonds. The van der Waals surface area contributed by atoms with Crippen molar-refractivity contribution in [3.05, 3.63) is 18.2 Å². The molecule has 0 saturated heterocycles. The summed E-state index contributed by atoms with van der Waals surface area (Å²) in [5, 5.41) is 16.0. The summed E-state index contributed by atoms with van der Waals surface area (Å²) in [5.74, 6) is 1.36. The van der Waals surface area contributed by atoms with Crippen molar-refractivity contribution in [2.45, 2.75) is 38.0 Å². The first-order chi connectivity index (χ1) is 9.20. The van der Waals surface area contributed by atoms with Gasteiger partial charge >= 0.3 is 0 Å². The van der Waals surface area contributed by atoms with Gasteiger partial charge in [-0.25, -0.2) is 0 Å². The number of aromatic nitrogens is 6. The van der Waals surface area contributed by atoms with Gasteiger partial charge in [-0.2, -0.15) is 9.90 Å². The summed E-state index contributed by atoms with van der Waals surface area (Å²) in [7, 11) is 1.73. The third kappa shape index (κ3) is 2.73. The second-order valence-electron chi connectivity index (χ2n) is 4.82. The van der Waals surface area contributed by atoms with Gasteiger partial charge in [0.25, 0.3) is 0 Å². The van der Waals surface area contributed by atoms with Crippen molar-refractivity contribution in [1.29, 1.82) is 0 Å². The molecule has 2 aromatic rings. The Kier molecular flexibility index (Phi) is 3.16. The predicted molar refractivity (Wildman–Crippen MR) is 66.4 cm³/mol. The standard InChI is InChI=1S/C11H17N7O/c1-17-15-11(14-16-17)7-18-6-8(5-13-18)19-10-4-2-3-9(10)12/h5-6,9-10H,2-4,7,12H2,1H3/t9-,10+/m0/s1. The molecule has 1 fully saturated rings. The maximum Gasteiger partial charge on any atom is 0.196 e. The van der Waals surface area contributed by atoms with Gasteiger partial charge in [-0.3, -0.25) is 4.68 Å². The molecule has 2 heterocycles. The van der Waals surface area contributed by atoms with Crippen molar-refractivity contribution >= 4 is 0 Å². The van der Waals surface area contributed by atoms with Gasteiger partial charge in [0.05, 0.1) is 19.4 Å². The van der Waals surface area contributed by atoms with E-state index in [4.69, 9.17) is 10.5 Å². The first-order valence-electron chi connectivity index (χ1n) is 6.38. The van der Waals surface area contributed by atoms with Crippen LogP contribution in [0, 0.1) is 0 Å². The maximum atomic E-state index is 5.98. The van der Waals surface area contributed by atoms with Gasteiger partial charge in [-0.1, -0.05) is 0 Å². The van der Waals surface area contributed by atoms with Crippen molar-refractivity contribution < 1.29 is 4.74 Å². The van der Waals surface area contributed by atoms with Gasteiger partial charge in [-0.15, -0.1) is 10.2 Å². The first kappa shape index (κ1) is 12.1. The number of tetrazole rings is 1. The summed E-state index contributed by atoms with van der Waals surface area (Å²) in [6.07, 6.45) is 6.81. The average Bonchev–Trinajstić information content (AvgIpc) is 3.06. The third-order valence-corrected chi connectivity index (χ3v) is 3.25. The summed E-state index contributed by atoms with van der Waals surface area (Å²) in [6, 6.07) is 0.130. The highest BCUT2D eigenvalue weighted by atomic mass is 16.5. The lowest BCUT2D eigenvalue weighted by molar-refractivity contribution is 0.191. The Bertz CT molecular complexity index is 549. The van der Waals surface area contributed by atoms with Crippen molar-refractivity contribution in [1.82, 2.24) is 30.0 Å². The lowest BCUT2D eigenvalue weighted by Gasteiger charge is -2.15. The molecular formula is C11H17N7O. The quantitative estimate of drug-likeness (QED) is 0.814. The molecule has 0 aliphatic heterocycles. The Balaban J connectivity index is 1.63. The van der Waals surface area contributed by atoms with Crippen LogP contribution in [-0.2, 0) is 13.6 Å². The summed E-state index contributed by atoms with van der Waals surface area (Å²) in [6.45, 7) is 0.480. The molecular weight excluding hydrogens is 246 g/mol. The van der Waals surface area contributed by atoms with Gasteiger partial charge in [0.15, 0.2) is 11.6 Å². The average molecular weight is 263 g/mol. The molecule has 0 aromatic carbocycles. The maximum absolute atomic E-state index is 5.98. The van der Waals surface area contributed by atoms with E-state index >= 15 is 0 Å². The number of hydrogen-bond acceptors (Lipinski definition) is 6. The highest BCUT2D eigenvalue weighted by molar-refractivity contribution is 5.13. The van der Waals surface area contributed by atoms with E-state index in [1.54, 1.807) is 17.9 Å². The molecule has 2 atom stereocenters. The molecule has 19 heavy (non-hydrogen) atoms. The van der Waals surface area contributed by atoms with E-state index in [1.165, 1.54) is 4.80 Å². The van der Waals surface area contributed by atoms with E-state index < -0.39 is 0 Å². The molecule has 0 unspecified atom stereocenters. The van der Waals surface area contributed by atoms with Crippen LogP contribution < -0.4 is 10.5 Å². The van der Waals surface area contributed by atoms with Crippen LogP contribution in [0.25, 0.3) is 0 Å². The Morgan fingerprint density at radius 2 is 2.37 bits per heavy atom. The normalized spacial score (nSPS) is 22.8. The highest BCUT2D eigenvalue weighted by Crippen LogP contribution is 2.23. The number of nitrogens with zero attached hydrogens (tertiary/aromatic N) is 6. The summed E-state index contributed by atoms with van der Waals surface area (Å²) < 4.78 is 7.57. The van der Waals surface area contributed by atoms with E-state index in [0.717, 1.165) is 25.0 Å². The summed E-state index contributed by atoms with van der Waals surface area (Å²) >= 11 is 0. The molecule has 0 bridgehead atoms. The number of rotatable bonds is 4. The Morgan fingerprint density at radius 1 is 1.47 bits per heavy atom. The molecule has 8 heteroatoms. The van der Waals surface area contributed by atoms with E-state index in [2.05, 4.69) is 20.5 Å². The summed E-state index contributed by atoms with van der Waals surface area (Å²) in [5.41, 5.74) is 5.98. The van der Waals surface area contributed by atoms with Gasteiger partial charge in [0, 0.05) is 6.04 Å². The van der Waals surface area contributed by atoms with Crippen LogP contribution >= 0.6 is 0 Å². The summed E-state index contributed by atoms with van der Waals surface area (Å²) in [4.78, 5) is 1.42. The molecule has 8 nitrogen and oxygen atoms in total.